The van der Waals surface area contributed by atoms with Gasteiger partial charge in [0.15, 0.2) is 11.6 Å². The molecule has 4 rings (SSSR count). The molecule has 2 unspecified atom stereocenters. The van der Waals surface area contributed by atoms with Crippen molar-refractivity contribution in [3.63, 3.8) is 0 Å². The second-order valence-corrected chi connectivity index (χ2v) is 6.87. The lowest BCUT2D eigenvalue weighted by atomic mass is 9.92. The van der Waals surface area contributed by atoms with E-state index in [4.69, 9.17) is 0 Å². The number of benzene rings is 1. The lowest BCUT2D eigenvalue weighted by Crippen LogP contribution is -2.48. The van der Waals surface area contributed by atoms with Crippen LogP contribution in [0.3, 0.4) is 0 Å². The van der Waals surface area contributed by atoms with E-state index in [1.807, 2.05) is 4.90 Å². The average molecular weight is 347 g/mol. The van der Waals surface area contributed by atoms with E-state index in [1.54, 1.807) is 12.3 Å². The molecular formula is C19H20F3N3. The summed E-state index contributed by atoms with van der Waals surface area (Å²) in [4.78, 5) is 8.39. The van der Waals surface area contributed by atoms with Crippen molar-refractivity contribution in [3.05, 3.63) is 59.5 Å². The van der Waals surface area contributed by atoms with Crippen molar-refractivity contribution < 1.29 is 13.2 Å². The van der Waals surface area contributed by atoms with Crippen LogP contribution in [-0.2, 0) is 6.54 Å². The predicted octanol–water partition coefficient (Wildman–Crippen LogP) is 3.60. The number of halogens is 3. The standard InChI is InChI=1S/C19H20F3N3/c20-15-4-3-14(17(22)10-15)11-24-8-5-13-6-9-25(12-18(13)24)19-16(21)2-1-7-23-19/h1-4,7,10,13,18H,5-6,8-9,11-12H2. The molecule has 132 valence electrons. The van der Waals surface area contributed by atoms with Crippen LogP contribution in [-0.4, -0.2) is 35.6 Å². The van der Waals surface area contributed by atoms with Gasteiger partial charge >= 0.3 is 0 Å². The first kappa shape index (κ1) is 16.4. The number of pyridine rings is 1. The fraction of sp³-hybridized carbons (Fsp3) is 0.421. The van der Waals surface area contributed by atoms with Gasteiger partial charge in [-0.25, -0.2) is 18.2 Å². The Balaban J connectivity index is 1.51. The zero-order valence-electron chi connectivity index (χ0n) is 13.8. The normalized spacial score (nSPS) is 23.7. The summed E-state index contributed by atoms with van der Waals surface area (Å²) >= 11 is 0. The summed E-state index contributed by atoms with van der Waals surface area (Å²) in [6.07, 6.45) is 3.64. The molecular weight excluding hydrogens is 327 g/mol. The Morgan fingerprint density at radius 2 is 1.88 bits per heavy atom. The monoisotopic (exact) mass is 347 g/mol. The van der Waals surface area contributed by atoms with Gasteiger partial charge in [-0.05, 0) is 43.5 Å². The Kier molecular flexibility index (Phi) is 4.37. The number of rotatable bonds is 3. The van der Waals surface area contributed by atoms with Gasteiger partial charge in [0.2, 0.25) is 0 Å². The zero-order valence-corrected chi connectivity index (χ0v) is 13.8. The van der Waals surface area contributed by atoms with Gasteiger partial charge in [-0.1, -0.05) is 6.07 Å². The van der Waals surface area contributed by atoms with E-state index < -0.39 is 11.6 Å². The van der Waals surface area contributed by atoms with Gasteiger partial charge in [-0.3, -0.25) is 4.90 Å². The minimum Gasteiger partial charge on any atom is -0.353 e. The number of likely N-dealkylation sites (tertiary alicyclic amines) is 1. The van der Waals surface area contributed by atoms with Crippen LogP contribution >= 0.6 is 0 Å². The molecule has 2 aromatic rings. The largest absolute Gasteiger partial charge is 0.353 e. The molecule has 0 saturated carbocycles. The molecule has 3 heterocycles. The summed E-state index contributed by atoms with van der Waals surface area (Å²) in [5.41, 5.74) is 0.503. The SMILES string of the molecule is Fc1ccc(CN2CCC3CCN(c4ncccc4F)CC32)c(F)c1. The first-order valence-corrected chi connectivity index (χ1v) is 8.65. The van der Waals surface area contributed by atoms with Gasteiger partial charge in [-0.2, -0.15) is 0 Å². The molecule has 6 heteroatoms. The predicted molar refractivity (Wildman–Crippen MR) is 89.7 cm³/mol. The van der Waals surface area contributed by atoms with Crippen molar-refractivity contribution in [1.82, 2.24) is 9.88 Å². The quantitative estimate of drug-likeness (QED) is 0.846. The van der Waals surface area contributed by atoms with Crippen LogP contribution in [0.4, 0.5) is 19.0 Å². The molecule has 2 aliphatic rings. The number of piperidine rings is 1. The fourth-order valence-electron chi connectivity index (χ4n) is 4.10. The summed E-state index contributed by atoms with van der Waals surface area (Å²) in [7, 11) is 0. The molecule has 0 spiro atoms. The van der Waals surface area contributed by atoms with Gasteiger partial charge < -0.3 is 4.90 Å². The van der Waals surface area contributed by atoms with Crippen molar-refractivity contribution in [2.75, 3.05) is 24.5 Å². The smallest absolute Gasteiger partial charge is 0.165 e. The van der Waals surface area contributed by atoms with Crippen molar-refractivity contribution in [3.8, 4) is 0 Å². The molecule has 2 saturated heterocycles. The second kappa shape index (κ2) is 6.67. The lowest BCUT2D eigenvalue weighted by Gasteiger charge is -2.39. The molecule has 3 nitrogen and oxygen atoms in total. The maximum absolute atomic E-state index is 14.0. The van der Waals surface area contributed by atoms with Crippen LogP contribution in [0.25, 0.3) is 0 Å². The highest BCUT2D eigenvalue weighted by atomic mass is 19.1. The maximum Gasteiger partial charge on any atom is 0.165 e. The van der Waals surface area contributed by atoms with Gasteiger partial charge in [0, 0.05) is 43.5 Å². The molecule has 0 bridgehead atoms. The molecule has 2 atom stereocenters. The number of fused-ring (bicyclic) bond motifs is 1. The topological polar surface area (TPSA) is 19.4 Å². The summed E-state index contributed by atoms with van der Waals surface area (Å²) in [6.45, 7) is 2.80. The Morgan fingerprint density at radius 1 is 1.04 bits per heavy atom. The Morgan fingerprint density at radius 3 is 2.68 bits per heavy atom. The van der Waals surface area contributed by atoms with Crippen LogP contribution < -0.4 is 4.90 Å². The summed E-state index contributed by atoms with van der Waals surface area (Å²) in [5, 5.41) is 0. The molecule has 0 N–H and O–H groups in total. The van der Waals surface area contributed by atoms with Gasteiger partial charge in [-0.15, -0.1) is 0 Å². The third kappa shape index (κ3) is 3.23. The van der Waals surface area contributed by atoms with E-state index in [0.717, 1.165) is 32.0 Å². The molecule has 0 amide bonds. The minimum atomic E-state index is -0.560. The van der Waals surface area contributed by atoms with Gasteiger partial charge in [0.05, 0.1) is 0 Å². The van der Waals surface area contributed by atoms with Crippen LogP contribution in [0.2, 0.25) is 0 Å². The van der Waals surface area contributed by atoms with E-state index in [0.29, 0.717) is 30.4 Å². The molecule has 1 aromatic heterocycles. The first-order chi connectivity index (χ1) is 12.1. The van der Waals surface area contributed by atoms with Crippen LogP contribution in [0.5, 0.6) is 0 Å². The van der Waals surface area contributed by atoms with Crippen LogP contribution in [0.1, 0.15) is 18.4 Å². The molecule has 0 aliphatic carbocycles. The van der Waals surface area contributed by atoms with Crippen molar-refractivity contribution in [2.24, 2.45) is 5.92 Å². The van der Waals surface area contributed by atoms with Gasteiger partial charge in [0.25, 0.3) is 0 Å². The van der Waals surface area contributed by atoms with E-state index in [2.05, 4.69) is 9.88 Å². The molecule has 2 fully saturated rings. The Hall–Kier alpha value is -2.08. The van der Waals surface area contributed by atoms with E-state index in [9.17, 15) is 13.2 Å². The van der Waals surface area contributed by atoms with Crippen molar-refractivity contribution in [2.45, 2.75) is 25.4 Å². The third-order valence-electron chi connectivity index (χ3n) is 5.40. The number of hydrogen-bond donors (Lipinski definition) is 0. The highest BCUT2D eigenvalue weighted by molar-refractivity contribution is 5.40. The molecule has 0 radical (unpaired) electrons. The summed E-state index contributed by atoms with van der Waals surface area (Å²) in [6, 6.07) is 6.98. The molecule has 1 aromatic carbocycles. The van der Waals surface area contributed by atoms with Gasteiger partial charge in [0.1, 0.15) is 11.6 Å². The second-order valence-electron chi connectivity index (χ2n) is 6.87. The molecule has 25 heavy (non-hydrogen) atoms. The van der Waals surface area contributed by atoms with Crippen molar-refractivity contribution >= 4 is 5.82 Å². The fourth-order valence-corrected chi connectivity index (χ4v) is 4.10. The number of anilines is 1. The average Bonchev–Trinajstić information content (AvgIpc) is 3.00. The summed E-state index contributed by atoms with van der Waals surface area (Å²) in [5.74, 6) is -0.454. The number of hydrogen-bond acceptors (Lipinski definition) is 3. The first-order valence-electron chi connectivity index (χ1n) is 8.65. The molecule has 2 aliphatic heterocycles. The van der Waals surface area contributed by atoms with E-state index in [1.165, 1.54) is 18.2 Å². The highest BCUT2D eigenvalue weighted by Gasteiger charge is 2.39. The zero-order chi connectivity index (χ0) is 17.4. The third-order valence-corrected chi connectivity index (χ3v) is 5.40. The lowest BCUT2D eigenvalue weighted by molar-refractivity contribution is 0.198. The van der Waals surface area contributed by atoms with Crippen molar-refractivity contribution in [1.29, 1.82) is 0 Å². The minimum absolute atomic E-state index is 0.236. The van der Waals surface area contributed by atoms with Crippen LogP contribution in [0, 0.1) is 23.4 Å². The van der Waals surface area contributed by atoms with Crippen LogP contribution in [0.15, 0.2) is 36.5 Å². The summed E-state index contributed by atoms with van der Waals surface area (Å²) < 4.78 is 41.1. The number of aromatic nitrogens is 1. The Labute approximate surface area is 145 Å². The number of nitrogens with zero attached hydrogens (tertiary/aromatic N) is 3. The highest BCUT2D eigenvalue weighted by Crippen LogP contribution is 2.34. The Bertz CT molecular complexity index is 767. The maximum atomic E-state index is 14.0. The van der Waals surface area contributed by atoms with E-state index in [-0.39, 0.29) is 11.9 Å². The van der Waals surface area contributed by atoms with E-state index >= 15 is 0 Å².